The number of nitrogen functional groups attached to an aromatic ring is 1. The minimum atomic E-state index is -0.351. The fourth-order valence-electron chi connectivity index (χ4n) is 1.39. The van der Waals surface area contributed by atoms with Gasteiger partial charge in [-0.25, -0.2) is 9.37 Å². The number of halogens is 2. The van der Waals surface area contributed by atoms with Gasteiger partial charge in [-0.2, -0.15) is 0 Å². The largest absolute Gasteiger partial charge is 0.396 e. The van der Waals surface area contributed by atoms with E-state index in [-0.39, 0.29) is 5.82 Å². The van der Waals surface area contributed by atoms with Gasteiger partial charge in [-0.3, -0.25) is 0 Å². The molecule has 0 saturated heterocycles. The zero-order valence-electron chi connectivity index (χ0n) is 9.17. The molecule has 17 heavy (non-hydrogen) atoms. The van der Waals surface area contributed by atoms with Gasteiger partial charge in [0.15, 0.2) is 5.82 Å². The van der Waals surface area contributed by atoms with Crippen LogP contribution in [0.15, 0.2) is 34.8 Å². The van der Waals surface area contributed by atoms with Gasteiger partial charge in [-0.1, -0.05) is 15.9 Å². The second kappa shape index (κ2) is 4.71. The summed E-state index contributed by atoms with van der Waals surface area (Å²) in [5.74, 6) is 0.109. The van der Waals surface area contributed by atoms with Gasteiger partial charge in [-0.15, -0.1) is 0 Å². The van der Waals surface area contributed by atoms with Crippen LogP contribution in [-0.2, 0) is 0 Å². The van der Waals surface area contributed by atoms with Crippen LogP contribution in [-0.4, -0.2) is 4.98 Å². The van der Waals surface area contributed by atoms with Gasteiger partial charge in [-0.05, 0) is 37.3 Å². The second-order valence-electron chi connectivity index (χ2n) is 3.64. The Labute approximate surface area is 107 Å². The quantitative estimate of drug-likeness (QED) is 0.890. The van der Waals surface area contributed by atoms with E-state index < -0.39 is 0 Å². The molecule has 2 aromatic rings. The van der Waals surface area contributed by atoms with Crippen LogP contribution in [0.1, 0.15) is 5.69 Å². The van der Waals surface area contributed by atoms with Gasteiger partial charge in [0.2, 0.25) is 0 Å². The monoisotopic (exact) mass is 295 g/mol. The number of aryl methyl sites for hydroxylation is 1. The Hall–Kier alpha value is -1.62. The molecule has 0 aliphatic rings. The molecule has 0 radical (unpaired) electrons. The molecule has 1 aromatic carbocycles. The first-order valence-corrected chi connectivity index (χ1v) is 5.81. The Morgan fingerprint density at radius 3 is 2.82 bits per heavy atom. The van der Waals surface area contributed by atoms with E-state index in [1.54, 1.807) is 24.3 Å². The molecule has 3 N–H and O–H groups in total. The first-order valence-electron chi connectivity index (χ1n) is 5.01. The molecule has 3 nitrogen and oxygen atoms in total. The van der Waals surface area contributed by atoms with Crippen molar-refractivity contribution in [2.75, 3.05) is 11.1 Å². The van der Waals surface area contributed by atoms with Crippen LogP contribution in [0.3, 0.4) is 0 Å². The van der Waals surface area contributed by atoms with Gasteiger partial charge < -0.3 is 11.1 Å². The third kappa shape index (κ3) is 2.74. The number of aromatic nitrogens is 1. The van der Waals surface area contributed by atoms with Crippen LogP contribution in [0.5, 0.6) is 0 Å². The van der Waals surface area contributed by atoms with E-state index in [4.69, 9.17) is 5.73 Å². The van der Waals surface area contributed by atoms with E-state index in [1.807, 2.05) is 6.92 Å². The summed E-state index contributed by atoms with van der Waals surface area (Å²) in [5, 5.41) is 2.88. The summed E-state index contributed by atoms with van der Waals surface area (Å²) in [7, 11) is 0. The molecule has 88 valence electrons. The summed E-state index contributed by atoms with van der Waals surface area (Å²) in [4.78, 5) is 4.22. The summed E-state index contributed by atoms with van der Waals surface area (Å²) in [6, 6.07) is 8.18. The van der Waals surface area contributed by atoms with Crippen LogP contribution in [0.4, 0.5) is 21.6 Å². The van der Waals surface area contributed by atoms with E-state index in [2.05, 4.69) is 26.2 Å². The van der Waals surface area contributed by atoms with E-state index in [1.165, 1.54) is 6.07 Å². The predicted octanol–water partition coefficient (Wildman–Crippen LogP) is 3.62. The van der Waals surface area contributed by atoms with Crippen molar-refractivity contribution in [3.63, 3.8) is 0 Å². The SMILES string of the molecule is Cc1ccc(N)c(Nc2cc(Br)ccc2F)n1. The van der Waals surface area contributed by atoms with Gasteiger partial charge in [0.1, 0.15) is 5.82 Å². The number of nitrogens with two attached hydrogens (primary N) is 1. The van der Waals surface area contributed by atoms with E-state index in [0.717, 1.165) is 10.2 Å². The molecular weight excluding hydrogens is 285 g/mol. The summed E-state index contributed by atoms with van der Waals surface area (Å²) in [6.07, 6.45) is 0. The second-order valence-corrected chi connectivity index (χ2v) is 4.56. The van der Waals surface area contributed by atoms with Crippen molar-refractivity contribution in [1.29, 1.82) is 0 Å². The van der Waals surface area contributed by atoms with Crippen molar-refractivity contribution in [2.45, 2.75) is 6.92 Å². The molecule has 0 amide bonds. The average molecular weight is 296 g/mol. The smallest absolute Gasteiger partial charge is 0.153 e. The first kappa shape index (κ1) is 11.9. The summed E-state index contributed by atoms with van der Waals surface area (Å²) in [5.41, 5.74) is 7.40. The highest BCUT2D eigenvalue weighted by atomic mass is 79.9. The molecule has 0 atom stereocenters. The molecule has 0 aliphatic heterocycles. The maximum atomic E-state index is 13.5. The van der Waals surface area contributed by atoms with E-state index >= 15 is 0 Å². The number of anilines is 3. The highest BCUT2D eigenvalue weighted by Crippen LogP contribution is 2.25. The third-order valence-corrected chi connectivity index (χ3v) is 2.74. The molecule has 2 rings (SSSR count). The number of benzene rings is 1. The molecule has 0 spiro atoms. The lowest BCUT2D eigenvalue weighted by Crippen LogP contribution is -2.01. The molecule has 1 aromatic heterocycles. The number of hydrogen-bond acceptors (Lipinski definition) is 3. The van der Waals surface area contributed by atoms with Crippen LogP contribution < -0.4 is 11.1 Å². The van der Waals surface area contributed by atoms with Gasteiger partial charge in [0.05, 0.1) is 11.4 Å². The van der Waals surface area contributed by atoms with Gasteiger partial charge in [0, 0.05) is 10.2 Å². The number of rotatable bonds is 2. The minimum absolute atomic E-state index is 0.337. The number of nitrogens with one attached hydrogen (secondary N) is 1. The van der Waals surface area contributed by atoms with Gasteiger partial charge >= 0.3 is 0 Å². The minimum Gasteiger partial charge on any atom is -0.396 e. The molecule has 0 unspecified atom stereocenters. The Bertz CT molecular complexity index is 508. The Kier molecular flexibility index (Phi) is 3.28. The summed E-state index contributed by atoms with van der Waals surface area (Å²) < 4.78 is 14.3. The molecule has 0 saturated carbocycles. The maximum Gasteiger partial charge on any atom is 0.153 e. The number of hydrogen-bond donors (Lipinski definition) is 2. The lowest BCUT2D eigenvalue weighted by molar-refractivity contribution is 0.631. The molecule has 0 fully saturated rings. The lowest BCUT2D eigenvalue weighted by Gasteiger charge is -2.10. The molecular formula is C12H11BrFN3. The van der Waals surface area contributed by atoms with Crippen LogP contribution in [0, 0.1) is 12.7 Å². The standard InChI is InChI=1S/C12H11BrFN3/c1-7-2-5-10(15)12(16-7)17-11-6-8(13)3-4-9(11)14/h2-6H,15H2,1H3,(H,16,17). The molecule has 5 heteroatoms. The first-order chi connectivity index (χ1) is 8.06. The lowest BCUT2D eigenvalue weighted by atomic mass is 10.3. The van der Waals surface area contributed by atoms with Crippen LogP contribution in [0.25, 0.3) is 0 Å². The summed E-state index contributed by atoms with van der Waals surface area (Å²) in [6.45, 7) is 1.85. The number of nitrogens with zero attached hydrogens (tertiary/aromatic N) is 1. The van der Waals surface area contributed by atoms with Crippen LogP contribution in [0.2, 0.25) is 0 Å². The van der Waals surface area contributed by atoms with Crippen molar-refractivity contribution in [3.05, 3.63) is 46.3 Å². The zero-order chi connectivity index (χ0) is 12.4. The highest BCUT2D eigenvalue weighted by Gasteiger charge is 2.06. The topological polar surface area (TPSA) is 50.9 Å². The number of pyridine rings is 1. The van der Waals surface area contributed by atoms with Crippen molar-refractivity contribution in [3.8, 4) is 0 Å². The Morgan fingerprint density at radius 2 is 2.06 bits per heavy atom. The average Bonchev–Trinajstić information content (AvgIpc) is 2.28. The molecule has 0 aliphatic carbocycles. The van der Waals surface area contributed by atoms with Gasteiger partial charge in [0.25, 0.3) is 0 Å². The zero-order valence-corrected chi connectivity index (χ0v) is 10.8. The van der Waals surface area contributed by atoms with E-state index in [0.29, 0.717) is 17.2 Å². The normalized spacial score (nSPS) is 10.3. The van der Waals surface area contributed by atoms with Crippen molar-refractivity contribution in [1.82, 2.24) is 4.98 Å². The fraction of sp³-hybridized carbons (Fsp3) is 0.0833. The fourth-order valence-corrected chi connectivity index (χ4v) is 1.75. The maximum absolute atomic E-state index is 13.5. The summed E-state index contributed by atoms with van der Waals surface area (Å²) >= 11 is 3.28. The molecule has 0 bridgehead atoms. The van der Waals surface area contributed by atoms with Crippen molar-refractivity contribution >= 4 is 33.1 Å². The predicted molar refractivity (Wildman–Crippen MR) is 70.8 cm³/mol. The van der Waals surface area contributed by atoms with Crippen molar-refractivity contribution < 1.29 is 4.39 Å². The molecule has 1 heterocycles. The highest BCUT2D eigenvalue weighted by molar-refractivity contribution is 9.10. The Morgan fingerprint density at radius 1 is 1.29 bits per heavy atom. The Balaban J connectivity index is 2.37. The third-order valence-electron chi connectivity index (χ3n) is 2.25. The van der Waals surface area contributed by atoms with E-state index in [9.17, 15) is 4.39 Å². The van der Waals surface area contributed by atoms with Crippen molar-refractivity contribution in [2.24, 2.45) is 0 Å². The van der Waals surface area contributed by atoms with Crippen LogP contribution >= 0.6 is 15.9 Å².